The Kier molecular flexibility index (Phi) is 2.04. The van der Waals surface area contributed by atoms with Crippen molar-refractivity contribution in [3.8, 4) is 0 Å². The molecular weight excluding hydrogens is 112 g/mol. The Hall–Kier alpha value is -0.590. The van der Waals surface area contributed by atoms with E-state index >= 15 is 0 Å². The fraction of sp³-hybridized carbons (Fsp3) is 0.625. The highest BCUT2D eigenvalue weighted by molar-refractivity contribution is 5.75. The van der Waals surface area contributed by atoms with E-state index < -0.39 is 0 Å². The Morgan fingerprint density at radius 2 is 2.56 bits per heavy atom. The van der Waals surface area contributed by atoms with E-state index in [4.69, 9.17) is 0 Å². The molecule has 9 heavy (non-hydrogen) atoms. The third-order valence-electron chi connectivity index (χ3n) is 1.66. The Balaban J connectivity index is 2.28. The van der Waals surface area contributed by atoms with Crippen molar-refractivity contribution in [2.24, 2.45) is 5.92 Å². The lowest BCUT2D eigenvalue weighted by atomic mass is 10.0. The highest BCUT2D eigenvalue weighted by Crippen LogP contribution is 2.19. The maximum Gasteiger partial charge on any atom is 0.130 e. The maximum atomic E-state index is 10.6. The molecular formula is C8H12O. The molecule has 50 valence electrons. The number of allylic oxidation sites excluding steroid dienone is 2. The summed E-state index contributed by atoms with van der Waals surface area (Å²) >= 11 is 0. The normalized spacial score (nSPS) is 24.8. The topological polar surface area (TPSA) is 17.1 Å². The molecule has 1 aliphatic carbocycles. The van der Waals surface area contributed by atoms with Crippen molar-refractivity contribution in [3.05, 3.63) is 12.2 Å². The SMILES string of the molecule is CC(=O)C[C@@H]1C=CCC1. The Bertz CT molecular complexity index is 136. The van der Waals surface area contributed by atoms with Crippen molar-refractivity contribution in [1.82, 2.24) is 0 Å². The Labute approximate surface area is 55.8 Å². The van der Waals surface area contributed by atoms with Gasteiger partial charge in [0.25, 0.3) is 0 Å². The second kappa shape index (κ2) is 2.81. The van der Waals surface area contributed by atoms with Crippen LogP contribution in [0.25, 0.3) is 0 Å². The molecule has 0 aromatic rings. The van der Waals surface area contributed by atoms with Gasteiger partial charge in [-0.05, 0) is 25.7 Å². The first-order chi connectivity index (χ1) is 4.29. The van der Waals surface area contributed by atoms with Crippen LogP contribution in [0.5, 0.6) is 0 Å². The lowest BCUT2D eigenvalue weighted by Gasteiger charge is -2.01. The molecule has 1 rings (SSSR count). The van der Waals surface area contributed by atoms with Crippen LogP contribution < -0.4 is 0 Å². The van der Waals surface area contributed by atoms with Gasteiger partial charge in [0.05, 0.1) is 0 Å². The minimum Gasteiger partial charge on any atom is -0.300 e. The van der Waals surface area contributed by atoms with Gasteiger partial charge < -0.3 is 4.79 Å². The van der Waals surface area contributed by atoms with E-state index in [0.29, 0.717) is 11.7 Å². The maximum absolute atomic E-state index is 10.6. The Morgan fingerprint density at radius 1 is 1.78 bits per heavy atom. The number of carbonyl (C=O) groups is 1. The van der Waals surface area contributed by atoms with Crippen LogP contribution >= 0.6 is 0 Å². The average molecular weight is 124 g/mol. The summed E-state index contributed by atoms with van der Waals surface area (Å²) in [6.07, 6.45) is 7.41. The first-order valence-corrected chi connectivity index (χ1v) is 3.45. The third kappa shape index (κ3) is 2.00. The molecule has 0 radical (unpaired) electrons. The van der Waals surface area contributed by atoms with Crippen LogP contribution in [-0.4, -0.2) is 5.78 Å². The number of rotatable bonds is 2. The van der Waals surface area contributed by atoms with Gasteiger partial charge in [-0.1, -0.05) is 12.2 Å². The van der Waals surface area contributed by atoms with Gasteiger partial charge in [0.15, 0.2) is 0 Å². The van der Waals surface area contributed by atoms with E-state index in [2.05, 4.69) is 12.2 Å². The van der Waals surface area contributed by atoms with Gasteiger partial charge in [-0.15, -0.1) is 0 Å². The summed E-state index contributed by atoms with van der Waals surface area (Å²) in [7, 11) is 0. The molecule has 0 unspecified atom stereocenters. The molecule has 0 fully saturated rings. The van der Waals surface area contributed by atoms with Gasteiger partial charge in [-0.2, -0.15) is 0 Å². The molecule has 1 atom stereocenters. The summed E-state index contributed by atoms with van der Waals surface area (Å²) in [4.78, 5) is 10.6. The van der Waals surface area contributed by atoms with Crippen molar-refractivity contribution in [2.45, 2.75) is 26.2 Å². The molecule has 0 aliphatic heterocycles. The van der Waals surface area contributed by atoms with Gasteiger partial charge >= 0.3 is 0 Å². The molecule has 0 amide bonds. The summed E-state index contributed by atoms with van der Waals surface area (Å²) in [5.74, 6) is 0.869. The van der Waals surface area contributed by atoms with Crippen molar-refractivity contribution in [2.75, 3.05) is 0 Å². The summed E-state index contributed by atoms with van der Waals surface area (Å²) in [5.41, 5.74) is 0. The first-order valence-electron chi connectivity index (χ1n) is 3.45. The van der Waals surface area contributed by atoms with Crippen molar-refractivity contribution >= 4 is 5.78 Å². The summed E-state index contributed by atoms with van der Waals surface area (Å²) < 4.78 is 0. The van der Waals surface area contributed by atoms with Crippen LogP contribution in [0.3, 0.4) is 0 Å². The fourth-order valence-corrected chi connectivity index (χ4v) is 1.23. The smallest absolute Gasteiger partial charge is 0.130 e. The molecule has 1 heteroatoms. The summed E-state index contributed by atoms with van der Waals surface area (Å²) in [6, 6.07) is 0. The number of carbonyl (C=O) groups excluding carboxylic acids is 1. The number of hydrogen-bond donors (Lipinski definition) is 0. The average Bonchev–Trinajstić information content (AvgIpc) is 2.15. The molecule has 0 bridgehead atoms. The van der Waals surface area contributed by atoms with E-state index in [1.165, 1.54) is 6.42 Å². The molecule has 1 aliphatic rings. The van der Waals surface area contributed by atoms with Gasteiger partial charge in [-0.3, -0.25) is 0 Å². The van der Waals surface area contributed by atoms with Crippen LogP contribution in [0, 0.1) is 5.92 Å². The molecule has 0 saturated heterocycles. The number of ketones is 1. The highest BCUT2D eigenvalue weighted by atomic mass is 16.1. The van der Waals surface area contributed by atoms with Crippen molar-refractivity contribution in [1.29, 1.82) is 0 Å². The van der Waals surface area contributed by atoms with E-state index in [0.717, 1.165) is 12.8 Å². The van der Waals surface area contributed by atoms with Gasteiger partial charge in [-0.25, -0.2) is 0 Å². The molecule has 1 nitrogen and oxygen atoms in total. The second-order valence-electron chi connectivity index (χ2n) is 2.67. The predicted octanol–water partition coefficient (Wildman–Crippen LogP) is 1.93. The van der Waals surface area contributed by atoms with Crippen LogP contribution in [0.15, 0.2) is 12.2 Å². The van der Waals surface area contributed by atoms with Crippen molar-refractivity contribution < 1.29 is 4.79 Å². The lowest BCUT2D eigenvalue weighted by Crippen LogP contribution is -1.98. The van der Waals surface area contributed by atoms with Crippen LogP contribution in [-0.2, 0) is 4.79 Å². The minimum atomic E-state index is 0.312. The zero-order chi connectivity index (χ0) is 6.69. The standard InChI is InChI=1S/C8H12O/c1-7(9)6-8-4-2-3-5-8/h2,4,8H,3,5-6H2,1H3/t8-/m1/s1. The summed E-state index contributed by atoms with van der Waals surface area (Å²) in [5, 5.41) is 0. The molecule has 0 aromatic heterocycles. The van der Waals surface area contributed by atoms with E-state index in [1.54, 1.807) is 6.92 Å². The van der Waals surface area contributed by atoms with Gasteiger partial charge in [0.2, 0.25) is 0 Å². The number of hydrogen-bond acceptors (Lipinski definition) is 1. The molecule has 0 saturated carbocycles. The molecule has 0 N–H and O–H groups in total. The summed E-state index contributed by atoms with van der Waals surface area (Å²) in [6.45, 7) is 1.66. The Morgan fingerprint density at radius 3 is 3.00 bits per heavy atom. The zero-order valence-corrected chi connectivity index (χ0v) is 5.76. The molecule has 0 aromatic carbocycles. The van der Waals surface area contributed by atoms with Gasteiger partial charge in [0, 0.05) is 6.42 Å². The minimum absolute atomic E-state index is 0.312. The monoisotopic (exact) mass is 124 g/mol. The van der Waals surface area contributed by atoms with E-state index in [1.807, 2.05) is 0 Å². The van der Waals surface area contributed by atoms with E-state index in [-0.39, 0.29) is 0 Å². The second-order valence-corrected chi connectivity index (χ2v) is 2.67. The van der Waals surface area contributed by atoms with E-state index in [9.17, 15) is 4.79 Å². The highest BCUT2D eigenvalue weighted by Gasteiger charge is 2.10. The quantitative estimate of drug-likeness (QED) is 0.514. The zero-order valence-electron chi connectivity index (χ0n) is 5.76. The number of Topliss-reactive ketones (excluding diaryl/α,β-unsaturated/α-hetero) is 1. The fourth-order valence-electron chi connectivity index (χ4n) is 1.23. The third-order valence-corrected chi connectivity index (χ3v) is 1.66. The van der Waals surface area contributed by atoms with Crippen LogP contribution in [0.2, 0.25) is 0 Å². The van der Waals surface area contributed by atoms with Crippen molar-refractivity contribution in [3.63, 3.8) is 0 Å². The largest absolute Gasteiger partial charge is 0.300 e. The van der Waals surface area contributed by atoms with Crippen LogP contribution in [0.4, 0.5) is 0 Å². The predicted molar refractivity (Wildman–Crippen MR) is 37.2 cm³/mol. The first kappa shape index (κ1) is 6.53. The lowest BCUT2D eigenvalue weighted by molar-refractivity contribution is -0.117. The van der Waals surface area contributed by atoms with Gasteiger partial charge in [0.1, 0.15) is 5.78 Å². The van der Waals surface area contributed by atoms with Crippen LogP contribution in [0.1, 0.15) is 26.2 Å². The molecule has 0 heterocycles. The molecule has 0 spiro atoms.